The molecule has 1 saturated heterocycles. The molecule has 2 heterocycles. The van der Waals surface area contributed by atoms with Gasteiger partial charge < -0.3 is 14.2 Å². The number of nitrogens with one attached hydrogen (secondary N) is 1. The second-order valence-electron chi connectivity index (χ2n) is 6.43. The number of hydrogen-bond donors (Lipinski definition) is 1. The van der Waals surface area contributed by atoms with Crippen LogP contribution in [0.4, 0.5) is 4.39 Å². The number of alkyl halides is 1. The summed E-state index contributed by atoms with van der Waals surface area (Å²) in [6.45, 7) is 3.27. The van der Waals surface area contributed by atoms with Crippen LogP contribution < -0.4 is 11.2 Å². The third kappa shape index (κ3) is 2.39. The molecule has 2 fully saturated rings. The Labute approximate surface area is 140 Å². The van der Waals surface area contributed by atoms with Crippen molar-refractivity contribution in [1.29, 1.82) is 0 Å². The monoisotopic (exact) mass is 356 g/mol. The molecule has 0 amide bonds. The Bertz CT molecular complexity index is 864. The fraction of sp³-hybridized carbons (Fsp3) is 0.600. The Balaban J connectivity index is 2.04. The molecule has 1 aromatic rings. The molecule has 0 unspecified atom stereocenters. The zero-order valence-electron chi connectivity index (χ0n) is 13.8. The van der Waals surface area contributed by atoms with E-state index in [4.69, 9.17) is 14.2 Å². The minimum absolute atomic E-state index is 0.0122. The molecule has 2 aliphatic rings. The second-order valence-corrected chi connectivity index (χ2v) is 6.43. The highest BCUT2D eigenvalue weighted by atomic mass is 19.1. The van der Waals surface area contributed by atoms with Gasteiger partial charge in [0.2, 0.25) is 0 Å². The average Bonchev–Trinajstić information content (AvgIpc) is 3.05. The van der Waals surface area contributed by atoms with Crippen molar-refractivity contribution < 1.29 is 28.2 Å². The number of carbonyl (C=O) groups is 2. The van der Waals surface area contributed by atoms with Gasteiger partial charge in [0.25, 0.3) is 5.56 Å². The molecule has 0 spiro atoms. The van der Waals surface area contributed by atoms with E-state index >= 15 is 4.39 Å². The summed E-state index contributed by atoms with van der Waals surface area (Å²) in [6.07, 6.45) is -0.843. The number of rotatable bonds is 4. The number of esters is 2. The number of aromatic amines is 1. The Morgan fingerprint density at radius 2 is 2.08 bits per heavy atom. The number of halogens is 1. The zero-order valence-corrected chi connectivity index (χ0v) is 13.8. The molecule has 25 heavy (non-hydrogen) atoms. The molecule has 1 aliphatic heterocycles. The normalized spacial score (nSPS) is 35.8. The maximum Gasteiger partial charge on any atom is 0.330 e. The zero-order chi connectivity index (χ0) is 18.6. The summed E-state index contributed by atoms with van der Waals surface area (Å²) in [5, 5.41) is 0. The van der Waals surface area contributed by atoms with Gasteiger partial charge in [0.05, 0.1) is 0 Å². The van der Waals surface area contributed by atoms with E-state index < -0.39 is 46.3 Å². The third-order valence-corrected chi connectivity index (χ3v) is 4.61. The third-order valence-electron chi connectivity index (χ3n) is 4.61. The fourth-order valence-electron chi connectivity index (χ4n) is 3.50. The molecule has 4 atom stereocenters. The lowest BCUT2D eigenvalue weighted by molar-refractivity contribution is -0.170. The van der Waals surface area contributed by atoms with Crippen molar-refractivity contribution in [2.45, 2.75) is 50.3 Å². The number of ether oxygens (including phenoxy) is 3. The molecular weight excluding hydrogens is 339 g/mol. The van der Waals surface area contributed by atoms with Crippen molar-refractivity contribution in [2.75, 3.05) is 6.61 Å². The lowest BCUT2D eigenvalue weighted by Crippen LogP contribution is -2.50. The van der Waals surface area contributed by atoms with Gasteiger partial charge in [0.15, 0.2) is 23.1 Å². The SMILES string of the molecule is CC(=O)OC[C@]12C[C@]1(OC(C)=O)[C@@H](F)[C@](C)(n1ccc(=O)[nH]c1=O)O2. The van der Waals surface area contributed by atoms with E-state index in [-0.39, 0.29) is 13.0 Å². The lowest BCUT2D eigenvalue weighted by Gasteiger charge is -2.32. The van der Waals surface area contributed by atoms with Crippen molar-refractivity contribution in [1.82, 2.24) is 9.55 Å². The van der Waals surface area contributed by atoms with Gasteiger partial charge in [0, 0.05) is 32.5 Å². The van der Waals surface area contributed by atoms with Crippen LogP contribution in [0.3, 0.4) is 0 Å². The summed E-state index contributed by atoms with van der Waals surface area (Å²) in [6, 6.07) is 1.05. The Morgan fingerprint density at radius 1 is 1.40 bits per heavy atom. The number of carbonyl (C=O) groups excluding carboxylic acids is 2. The van der Waals surface area contributed by atoms with Gasteiger partial charge in [-0.3, -0.25) is 23.9 Å². The molecule has 1 N–H and O–H groups in total. The molecule has 1 aromatic heterocycles. The van der Waals surface area contributed by atoms with E-state index in [1.54, 1.807) is 0 Å². The first-order chi connectivity index (χ1) is 11.6. The molecule has 0 bridgehead atoms. The van der Waals surface area contributed by atoms with Gasteiger partial charge in [-0.05, 0) is 6.92 Å². The molecule has 136 valence electrons. The fourth-order valence-corrected chi connectivity index (χ4v) is 3.50. The predicted molar refractivity (Wildman–Crippen MR) is 79.4 cm³/mol. The van der Waals surface area contributed by atoms with E-state index in [1.165, 1.54) is 13.8 Å². The molecule has 10 heteroatoms. The van der Waals surface area contributed by atoms with Crippen LogP contribution in [0.1, 0.15) is 27.2 Å². The summed E-state index contributed by atoms with van der Waals surface area (Å²) >= 11 is 0. The van der Waals surface area contributed by atoms with Gasteiger partial charge >= 0.3 is 17.6 Å². The lowest BCUT2D eigenvalue weighted by atomic mass is 10.0. The van der Waals surface area contributed by atoms with E-state index in [0.29, 0.717) is 0 Å². The van der Waals surface area contributed by atoms with Gasteiger partial charge in [-0.15, -0.1) is 0 Å². The van der Waals surface area contributed by atoms with Gasteiger partial charge in [-0.25, -0.2) is 9.18 Å². The molecular formula is C15H17FN2O7. The topological polar surface area (TPSA) is 117 Å². The summed E-state index contributed by atoms with van der Waals surface area (Å²) in [7, 11) is 0. The van der Waals surface area contributed by atoms with Crippen molar-refractivity contribution in [3.63, 3.8) is 0 Å². The Morgan fingerprint density at radius 3 is 2.64 bits per heavy atom. The molecule has 0 aromatic carbocycles. The van der Waals surface area contributed by atoms with Crippen molar-refractivity contribution in [2.24, 2.45) is 0 Å². The van der Waals surface area contributed by atoms with Crippen LogP contribution in [0, 0.1) is 0 Å². The summed E-state index contributed by atoms with van der Waals surface area (Å²) in [5.74, 6) is -1.33. The highest BCUT2D eigenvalue weighted by Crippen LogP contribution is 2.67. The summed E-state index contributed by atoms with van der Waals surface area (Å²) in [5.41, 5.74) is -6.44. The quantitative estimate of drug-likeness (QED) is 0.729. The van der Waals surface area contributed by atoms with Crippen molar-refractivity contribution >= 4 is 11.9 Å². The van der Waals surface area contributed by atoms with Crippen LogP contribution >= 0.6 is 0 Å². The Kier molecular flexibility index (Phi) is 3.64. The van der Waals surface area contributed by atoms with Crippen LogP contribution in [0.5, 0.6) is 0 Å². The van der Waals surface area contributed by atoms with Gasteiger partial charge in [0.1, 0.15) is 6.61 Å². The highest BCUT2D eigenvalue weighted by molar-refractivity contribution is 5.68. The van der Waals surface area contributed by atoms with Crippen molar-refractivity contribution in [3.05, 3.63) is 33.1 Å². The molecule has 1 saturated carbocycles. The molecule has 9 nitrogen and oxygen atoms in total. The standard InChI is InChI=1S/C15H17FN2O7/c1-8(19)23-7-14-6-15(14,24-9(2)20)11(16)13(3,25-14)18-5-4-10(21)17-12(18)22/h4-5,11H,6-7H2,1-3H3,(H,17,21,22)/t11-,13+,14+,15-/m0/s1. The number of aromatic nitrogens is 2. The molecule has 1 aliphatic carbocycles. The molecule has 3 rings (SSSR count). The minimum Gasteiger partial charge on any atom is -0.463 e. The van der Waals surface area contributed by atoms with Crippen molar-refractivity contribution in [3.8, 4) is 0 Å². The minimum atomic E-state index is -1.93. The average molecular weight is 356 g/mol. The second kappa shape index (κ2) is 5.25. The first-order valence-corrected chi connectivity index (χ1v) is 7.56. The van der Waals surface area contributed by atoms with Crippen LogP contribution in [0.15, 0.2) is 21.9 Å². The predicted octanol–water partition coefficient (Wildman–Crippen LogP) is -0.415. The number of hydrogen-bond acceptors (Lipinski definition) is 7. The van der Waals surface area contributed by atoms with E-state index in [9.17, 15) is 19.2 Å². The Hall–Kier alpha value is -2.49. The number of fused-ring (bicyclic) bond motifs is 1. The van der Waals surface area contributed by atoms with Crippen LogP contribution in [0.2, 0.25) is 0 Å². The highest BCUT2D eigenvalue weighted by Gasteiger charge is 2.87. The van der Waals surface area contributed by atoms with Crippen LogP contribution in [0.25, 0.3) is 0 Å². The summed E-state index contributed by atoms with van der Waals surface area (Å²) < 4.78 is 32.2. The van der Waals surface area contributed by atoms with Crippen LogP contribution in [-0.4, -0.2) is 45.5 Å². The maximum atomic E-state index is 15.4. The number of nitrogens with zero attached hydrogens (tertiary/aromatic N) is 1. The smallest absolute Gasteiger partial charge is 0.330 e. The van der Waals surface area contributed by atoms with E-state index in [1.807, 2.05) is 4.98 Å². The number of H-pyrrole nitrogens is 1. The largest absolute Gasteiger partial charge is 0.463 e. The van der Waals surface area contributed by atoms with E-state index in [2.05, 4.69) is 0 Å². The first kappa shape index (κ1) is 17.3. The maximum absolute atomic E-state index is 15.4. The summed E-state index contributed by atoms with van der Waals surface area (Å²) in [4.78, 5) is 47.9. The van der Waals surface area contributed by atoms with Crippen LogP contribution in [-0.2, 0) is 29.5 Å². The molecule has 0 radical (unpaired) electrons. The first-order valence-electron chi connectivity index (χ1n) is 7.56. The van der Waals surface area contributed by atoms with Gasteiger partial charge in [-0.2, -0.15) is 0 Å². The van der Waals surface area contributed by atoms with E-state index in [0.717, 1.165) is 23.8 Å². The van der Waals surface area contributed by atoms with Gasteiger partial charge in [-0.1, -0.05) is 0 Å².